The van der Waals surface area contributed by atoms with E-state index in [0.29, 0.717) is 11.8 Å². The Morgan fingerprint density at radius 1 is 1.29 bits per heavy atom. The van der Waals surface area contributed by atoms with Gasteiger partial charge in [-0.2, -0.15) is 4.98 Å². The maximum absolute atomic E-state index is 5.27. The lowest BCUT2D eigenvalue weighted by atomic mass is 10.0. The van der Waals surface area contributed by atoms with Crippen molar-refractivity contribution in [3.8, 4) is 0 Å². The largest absolute Gasteiger partial charge is 0.339 e. The van der Waals surface area contributed by atoms with Crippen molar-refractivity contribution < 1.29 is 4.52 Å². The zero-order chi connectivity index (χ0) is 10.6. The molecule has 0 spiro atoms. The fourth-order valence-electron chi connectivity index (χ4n) is 1.50. The van der Waals surface area contributed by atoms with Gasteiger partial charge in [0.15, 0.2) is 5.82 Å². The lowest BCUT2D eigenvalue weighted by Gasteiger charge is -2.06. The van der Waals surface area contributed by atoms with Crippen LogP contribution in [0.25, 0.3) is 0 Å². The van der Waals surface area contributed by atoms with Crippen molar-refractivity contribution in [2.45, 2.75) is 58.8 Å². The van der Waals surface area contributed by atoms with Crippen LogP contribution in [-0.4, -0.2) is 10.1 Å². The summed E-state index contributed by atoms with van der Waals surface area (Å²) in [7, 11) is 0. The predicted molar refractivity (Wildman–Crippen MR) is 56.3 cm³/mol. The quantitative estimate of drug-likeness (QED) is 0.723. The first-order valence-corrected chi connectivity index (χ1v) is 5.52. The van der Waals surface area contributed by atoms with E-state index in [1.54, 1.807) is 0 Å². The first kappa shape index (κ1) is 11.2. The molecule has 1 unspecified atom stereocenters. The molecule has 0 aliphatic rings. The predicted octanol–water partition coefficient (Wildman–Crippen LogP) is 3.49. The Hall–Kier alpha value is -0.860. The van der Waals surface area contributed by atoms with Gasteiger partial charge in [0, 0.05) is 11.8 Å². The van der Waals surface area contributed by atoms with Gasteiger partial charge in [0.25, 0.3) is 0 Å². The van der Waals surface area contributed by atoms with Gasteiger partial charge in [-0.3, -0.25) is 0 Å². The minimum absolute atomic E-state index is 0.353. The molecular formula is C11H20N2O. The van der Waals surface area contributed by atoms with E-state index >= 15 is 0 Å². The smallest absolute Gasteiger partial charge is 0.229 e. The highest BCUT2D eigenvalue weighted by atomic mass is 16.5. The zero-order valence-electron chi connectivity index (χ0n) is 9.58. The summed E-state index contributed by atoms with van der Waals surface area (Å²) < 4.78 is 5.27. The summed E-state index contributed by atoms with van der Waals surface area (Å²) in [6.07, 6.45) is 3.38. The van der Waals surface area contributed by atoms with E-state index in [1.165, 1.54) is 0 Å². The molecule has 80 valence electrons. The molecule has 0 saturated carbocycles. The Labute approximate surface area is 85.9 Å². The van der Waals surface area contributed by atoms with E-state index in [0.717, 1.165) is 31.0 Å². The number of hydrogen-bond donors (Lipinski definition) is 0. The third-order valence-electron chi connectivity index (χ3n) is 2.45. The van der Waals surface area contributed by atoms with Crippen molar-refractivity contribution in [1.82, 2.24) is 10.1 Å². The molecule has 0 N–H and O–H groups in total. The minimum atomic E-state index is 0.353. The van der Waals surface area contributed by atoms with Crippen molar-refractivity contribution in [3.05, 3.63) is 11.7 Å². The molecular weight excluding hydrogens is 176 g/mol. The molecule has 1 heterocycles. The highest BCUT2D eigenvalue weighted by Gasteiger charge is 2.17. The Morgan fingerprint density at radius 2 is 2.00 bits per heavy atom. The van der Waals surface area contributed by atoms with Crippen LogP contribution < -0.4 is 0 Å². The summed E-state index contributed by atoms with van der Waals surface area (Å²) in [5.41, 5.74) is 0. The second kappa shape index (κ2) is 5.13. The van der Waals surface area contributed by atoms with Crippen LogP contribution in [0.4, 0.5) is 0 Å². The van der Waals surface area contributed by atoms with Crippen molar-refractivity contribution >= 4 is 0 Å². The highest BCUT2D eigenvalue weighted by molar-refractivity contribution is 4.96. The van der Waals surface area contributed by atoms with Crippen LogP contribution in [0, 0.1) is 0 Å². The summed E-state index contributed by atoms with van der Waals surface area (Å²) in [6.45, 7) is 8.51. The number of aromatic nitrogens is 2. The third kappa shape index (κ3) is 2.56. The fraction of sp³-hybridized carbons (Fsp3) is 0.818. The van der Waals surface area contributed by atoms with E-state index in [-0.39, 0.29) is 0 Å². The summed E-state index contributed by atoms with van der Waals surface area (Å²) >= 11 is 0. The minimum Gasteiger partial charge on any atom is -0.339 e. The molecule has 1 rings (SSSR count). The van der Waals surface area contributed by atoms with Crippen LogP contribution in [0.15, 0.2) is 4.52 Å². The van der Waals surface area contributed by atoms with Crippen LogP contribution >= 0.6 is 0 Å². The first-order valence-electron chi connectivity index (χ1n) is 5.52. The summed E-state index contributed by atoms with van der Waals surface area (Å²) in [4.78, 5) is 4.42. The summed E-state index contributed by atoms with van der Waals surface area (Å²) in [5, 5.41) is 3.98. The number of hydrogen-bond acceptors (Lipinski definition) is 3. The second-order valence-corrected chi connectivity index (χ2v) is 4.04. The molecule has 0 aromatic carbocycles. The van der Waals surface area contributed by atoms with Gasteiger partial charge in [-0.25, -0.2) is 0 Å². The Bertz CT molecular complexity index is 268. The molecule has 14 heavy (non-hydrogen) atoms. The van der Waals surface area contributed by atoms with E-state index in [2.05, 4.69) is 37.8 Å². The van der Waals surface area contributed by atoms with Gasteiger partial charge >= 0.3 is 0 Å². The van der Waals surface area contributed by atoms with Crippen molar-refractivity contribution in [3.63, 3.8) is 0 Å². The van der Waals surface area contributed by atoms with Gasteiger partial charge in [0.05, 0.1) is 0 Å². The van der Waals surface area contributed by atoms with Crippen LogP contribution in [0.1, 0.15) is 70.5 Å². The van der Waals surface area contributed by atoms with Crippen molar-refractivity contribution in [2.75, 3.05) is 0 Å². The maximum Gasteiger partial charge on any atom is 0.229 e. The topological polar surface area (TPSA) is 38.9 Å². The Morgan fingerprint density at radius 3 is 2.43 bits per heavy atom. The lowest BCUT2D eigenvalue weighted by molar-refractivity contribution is 0.337. The van der Waals surface area contributed by atoms with E-state index in [9.17, 15) is 0 Å². The summed E-state index contributed by atoms with van der Waals surface area (Å²) in [5.74, 6) is 2.44. The SMILES string of the molecule is CCCC(CC)c1nc(C(C)C)no1. The summed E-state index contributed by atoms with van der Waals surface area (Å²) in [6, 6.07) is 0. The first-order chi connectivity index (χ1) is 6.69. The van der Waals surface area contributed by atoms with Gasteiger partial charge in [-0.1, -0.05) is 39.3 Å². The third-order valence-corrected chi connectivity index (χ3v) is 2.45. The normalized spacial score (nSPS) is 13.5. The molecule has 0 amide bonds. The van der Waals surface area contributed by atoms with E-state index in [4.69, 9.17) is 4.52 Å². The highest BCUT2D eigenvalue weighted by Crippen LogP contribution is 2.24. The molecule has 3 nitrogen and oxygen atoms in total. The van der Waals surface area contributed by atoms with Gasteiger partial charge in [-0.15, -0.1) is 0 Å². The fourth-order valence-corrected chi connectivity index (χ4v) is 1.50. The van der Waals surface area contributed by atoms with Crippen LogP contribution in [0.5, 0.6) is 0 Å². The van der Waals surface area contributed by atoms with Crippen LogP contribution in [-0.2, 0) is 0 Å². The zero-order valence-corrected chi connectivity index (χ0v) is 9.58. The second-order valence-electron chi connectivity index (χ2n) is 4.04. The van der Waals surface area contributed by atoms with Crippen molar-refractivity contribution in [1.29, 1.82) is 0 Å². The number of rotatable bonds is 5. The Balaban J connectivity index is 2.73. The Kier molecular flexibility index (Phi) is 4.11. The van der Waals surface area contributed by atoms with Crippen LogP contribution in [0.3, 0.4) is 0 Å². The van der Waals surface area contributed by atoms with Gasteiger partial charge in [-0.05, 0) is 12.8 Å². The van der Waals surface area contributed by atoms with E-state index in [1.807, 2.05) is 0 Å². The van der Waals surface area contributed by atoms with Crippen LogP contribution in [0.2, 0.25) is 0 Å². The molecule has 0 radical (unpaired) electrons. The molecule has 0 aliphatic carbocycles. The average molecular weight is 196 g/mol. The van der Waals surface area contributed by atoms with E-state index < -0.39 is 0 Å². The molecule has 1 atom stereocenters. The van der Waals surface area contributed by atoms with Gasteiger partial charge in [0.2, 0.25) is 5.89 Å². The van der Waals surface area contributed by atoms with Gasteiger partial charge < -0.3 is 4.52 Å². The average Bonchev–Trinajstić information content (AvgIpc) is 2.63. The molecule has 0 saturated heterocycles. The molecule has 1 aromatic heterocycles. The van der Waals surface area contributed by atoms with Crippen molar-refractivity contribution in [2.24, 2.45) is 0 Å². The lowest BCUT2D eigenvalue weighted by Crippen LogP contribution is -1.98. The monoisotopic (exact) mass is 196 g/mol. The molecule has 0 bridgehead atoms. The van der Waals surface area contributed by atoms with Gasteiger partial charge in [0.1, 0.15) is 0 Å². The molecule has 1 aromatic rings. The molecule has 0 fully saturated rings. The standard InChI is InChI=1S/C11H20N2O/c1-5-7-9(6-2)11-12-10(8(3)4)13-14-11/h8-9H,5-7H2,1-4H3. The molecule has 3 heteroatoms. The number of nitrogens with zero attached hydrogens (tertiary/aromatic N) is 2. The molecule has 0 aliphatic heterocycles. The maximum atomic E-state index is 5.27.